The lowest BCUT2D eigenvalue weighted by atomic mass is 10.1. The topological polar surface area (TPSA) is 99.5 Å². The van der Waals surface area contributed by atoms with E-state index in [0.717, 1.165) is 24.2 Å². The van der Waals surface area contributed by atoms with Crippen LogP contribution < -0.4 is 15.4 Å². The Labute approximate surface area is 204 Å². The van der Waals surface area contributed by atoms with Gasteiger partial charge in [0, 0.05) is 53.4 Å². The Morgan fingerprint density at radius 3 is 2.59 bits per heavy atom. The number of hydrogen-bond donors (Lipinski definition) is 1. The summed E-state index contributed by atoms with van der Waals surface area (Å²) in [6, 6.07) is 2.62. The summed E-state index contributed by atoms with van der Waals surface area (Å²) in [4.78, 5) is 15.3. The molecule has 1 atom stereocenters. The molecule has 4 heterocycles. The van der Waals surface area contributed by atoms with E-state index < -0.39 is 11.9 Å². The van der Waals surface area contributed by atoms with Gasteiger partial charge >= 0.3 is 0 Å². The van der Waals surface area contributed by atoms with Gasteiger partial charge in [0.05, 0.1) is 23.6 Å². The second-order valence-electron chi connectivity index (χ2n) is 7.75. The second-order valence-corrected chi connectivity index (χ2v) is 8.54. The van der Waals surface area contributed by atoms with Crippen LogP contribution >= 0.6 is 23.2 Å². The quantitative estimate of drug-likeness (QED) is 0.366. The Morgan fingerprint density at radius 1 is 1.12 bits per heavy atom. The van der Waals surface area contributed by atoms with Gasteiger partial charge in [-0.05, 0) is 19.1 Å². The molecule has 2 N–H and O–H groups in total. The van der Waals surface area contributed by atoms with Gasteiger partial charge in [-0.25, -0.2) is 19.3 Å². The number of anilines is 2. The monoisotopic (exact) mass is 503 g/mol. The third-order valence-electron chi connectivity index (χ3n) is 5.62. The molecule has 0 aliphatic carbocycles. The number of nitrogens with zero attached hydrogens (tertiary/aromatic N) is 4. The Balaban J connectivity index is 1.47. The van der Waals surface area contributed by atoms with Crippen molar-refractivity contribution in [2.75, 3.05) is 36.9 Å². The number of benzene rings is 1. The van der Waals surface area contributed by atoms with Gasteiger partial charge in [0.1, 0.15) is 18.2 Å². The SMILES string of the molecule is C[C@@H](Oc1c(N)ncc2c(-c3cnc(N4CCOCC4)nc3)coc12)c1c(Cl)ccc(F)c1Cl. The molecule has 0 radical (unpaired) electrons. The standard InChI is InChI=1S/C23H20Cl2FN5O3/c1-12(18-16(24)2-3-17(26)19(18)25)34-21-20-14(10-28-22(21)27)15(11-33-20)13-8-29-23(30-9-13)31-4-6-32-7-5-31/h2-3,8-12H,4-7H2,1H3,(H2,27,28)/t12-/m1/s1. The van der Waals surface area contributed by atoms with Crippen LogP contribution in [0.2, 0.25) is 10.0 Å². The number of aromatic nitrogens is 3. The summed E-state index contributed by atoms with van der Waals surface area (Å²) in [5.41, 5.74) is 8.26. The molecule has 34 heavy (non-hydrogen) atoms. The predicted octanol–water partition coefficient (Wildman–Crippen LogP) is 5.29. The molecule has 1 fully saturated rings. The minimum Gasteiger partial charge on any atom is -0.478 e. The van der Waals surface area contributed by atoms with Crippen LogP contribution in [0, 0.1) is 5.82 Å². The fourth-order valence-electron chi connectivity index (χ4n) is 3.86. The number of ether oxygens (including phenoxy) is 2. The van der Waals surface area contributed by atoms with E-state index in [2.05, 4.69) is 19.9 Å². The van der Waals surface area contributed by atoms with Crippen molar-refractivity contribution in [3.8, 4) is 16.9 Å². The normalized spacial score (nSPS) is 15.0. The predicted molar refractivity (Wildman–Crippen MR) is 128 cm³/mol. The van der Waals surface area contributed by atoms with Gasteiger partial charge in [0.25, 0.3) is 0 Å². The molecule has 1 aliphatic rings. The van der Waals surface area contributed by atoms with Crippen molar-refractivity contribution < 1.29 is 18.3 Å². The number of fused-ring (bicyclic) bond motifs is 1. The van der Waals surface area contributed by atoms with E-state index in [1.165, 1.54) is 12.1 Å². The summed E-state index contributed by atoms with van der Waals surface area (Å²) in [7, 11) is 0. The minimum atomic E-state index is -0.727. The highest BCUT2D eigenvalue weighted by atomic mass is 35.5. The van der Waals surface area contributed by atoms with Crippen LogP contribution in [0.15, 0.2) is 41.4 Å². The fraction of sp³-hybridized carbons (Fsp3) is 0.261. The van der Waals surface area contributed by atoms with Gasteiger partial charge in [-0.3, -0.25) is 0 Å². The Morgan fingerprint density at radius 2 is 1.85 bits per heavy atom. The molecular weight excluding hydrogens is 484 g/mol. The van der Waals surface area contributed by atoms with Crippen molar-refractivity contribution in [2.45, 2.75) is 13.0 Å². The van der Waals surface area contributed by atoms with Crippen LogP contribution in [0.25, 0.3) is 22.1 Å². The van der Waals surface area contributed by atoms with E-state index in [1.54, 1.807) is 31.8 Å². The Hall–Kier alpha value is -3.14. The third-order valence-corrected chi connectivity index (χ3v) is 6.34. The Bertz CT molecular complexity index is 1340. The number of nitrogens with two attached hydrogens (primary N) is 1. The van der Waals surface area contributed by atoms with Crippen molar-refractivity contribution in [1.29, 1.82) is 0 Å². The molecule has 1 aliphatic heterocycles. The number of furan rings is 1. The Kier molecular flexibility index (Phi) is 6.16. The molecular formula is C23H20Cl2FN5O3. The van der Waals surface area contributed by atoms with E-state index in [9.17, 15) is 4.39 Å². The van der Waals surface area contributed by atoms with Crippen LogP contribution in [0.5, 0.6) is 5.75 Å². The molecule has 0 saturated carbocycles. The van der Waals surface area contributed by atoms with Gasteiger partial charge < -0.3 is 24.5 Å². The minimum absolute atomic E-state index is 0.114. The van der Waals surface area contributed by atoms with Gasteiger partial charge in [0.15, 0.2) is 11.4 Å². The molecule has 176 valence electrons. The zero-order chi connectivity index (χ0) is 23.8. The van der Waals surface area contributed by atoms with Gasteiger partial charge in [-0.1, -0.05) is 23.2 Å². The van der Waals surface area contributed by atoms with Crippen LogP contribution in [0.3, 0.4) is 0 Å². The fourth-order valence-corrected chi connectivity index (χ4v) is 4.53. The second kappa shape index (κ2) is 9.25. The van der Waals surface area contributed by atoms with Crippen molar-refractivity contribution in [2.24, 2.45) is 0 Å². The van der Waals surface area contributed by atoms with Crippen molar-refractivity contribution >= 4 is 45.9 Å². The lowest BCUT2D eigenvalue weighted by Gasteiger charge is -2.26. The first kappa shape index (κ1) is 22.6. The average Bonchev–Trinajstić information content (AvgIpc) is 3.28. The molecule has 1 saturated heterocycles. The van der Waals surface area contributed by atoms with Gasteiger partial charge in [0.2, 0.25) is 11.7 Å². The van der Waals surface area contributed by atoms with Crippen molar-refractivity contribution in [3.05, 3.63) is 58.4 Å². The molecule has 0 amide bonds. The maximum absolute atomic E-state index is 14.0. The van der Waals surface area contributed by atoms with Crippen LogP contribution in [0.1, 0.15) is 18.6 Å². The molecule has 1 aromatic carbocycles. The highest BCUT2D eigenvalue weighted by molar-refractivity contribution is 6.36. The molecule has 0 bridgehead atoms. The molecule has 3 aromatic heterocycles. The summed E-state index contributed by atoms with van der Waals surface area (Å²) < 4.78 is 31.2. The first-order valence-electron chi connectivity index (χ1n) is 10.5. The van der Waals surface area contributed by atoms with Crippen molar-refractivity contribution in [3.63, 3.8) is 0 Å². The zero-order valence-corrected chi connectivity index (χ0v) is 19.6. The number of pyridine rings is 1. The average molecular weight is 504 g/mol. The molecule has 4 aromatic rings. The summed E-state index contributed by atoms with van der Waals surface area (Å²) in [6.45, 7) is 4.48. The molecule has 5 rings (SSSR count). The van der Waals surface area contributed by atoms with E-state index >= 15 is 0 Å². The molecule has 11 heteroatoms. The maximum atomic E-state index is 14.0. The highest BCUT2D eigenvalue weighted by Gasteiger charge is 2.23. The zero-order valence-electron chi connectivity index (χ0n) is 18.1. The van der Waals surface area contributed by atoms with Gasteiger partial charge in [-0.2, -0.15) is 0 Å². The van der Waals surface area contributed by atoms with Gasteiger partial charge in [-0.15, -0.1) is 0 Å². The molecule has 0 spiro atoms. The number of morpholine rings is 1. The summed E-state index contributed by atoms with van der Waals surface area (Å²) in [6.07, 6.45) is 5.90. The number of nitrogen functional groups attached to an aromatic ring is 1. The summed E-state index contributed by atoms with van der Waals surface area (Å²) in [5.74, 6) is 0.367. The summed E-state index contributed by atoms with van der Waals surface area (Å²) >= 11 is 12.4. The van der Waals surface area contributed by atoms with Crippen LogP contribution in [-0.4, -0.2) is 41.3 Å². The number of hydrogen-bond acceptors (Lipinski definition) is 8. The highest BCUT2D eigenvalue weighted by Crippen LogP contribution is 2.41. The maximum Gasteiger partial charge on any atom is 0.225 e. The summed E-state index contributed by atoms with van der Waals surface area (Å²) in [5, 5.41) is 0.821. The van der Waals surface area contributed by atoms with E-state index in [0.29, 0.717) is 35.7 Å². The largest absolute Gasteiger partial charge is 0.478 e. The smallest absolute Gasteiger partial charge is 0.225 e. The van der Waals surface area contributed by atoms with Crippen LogP contribution in [-0.2, 0) is 4.74 Å². The number of halogens is 3. The molecule has 8 nitrogen and oxygen atoms in total. The number of rotatable bonds is 5. The lowest BCUT2D eigenvalue weighted by Crippen LogP contribution is -2.37. The first-order valence-corrected chi connectivity index (χ1v) is 11.3. The molecule has 0 unspecified atom stereocenters. The van der Waals surface area contributed by atoms with E-state index in [-0.39, 0.29) is 21.6 Å². The third kappa shape index (κ3) is 4.11. The van der Waals surface area contributed by atoms with E-state index in [4.69, 9.17) is 42.8 Å². The lowest BCUT2D eigenvalue weighted by molar-refractivity contribution is 0.122. The first-order chi connectivity index (χ1) is 16.4. The van der Waals surface area contributed by atoms with Crippen LogP contribution in [0.4, 0.5) is 16.2 Å². The van der Waals surface area contributed by atoms with Crippen molar-refractivity contribution in [1.82, 2.24) is 15.0 Å². The van der Waals surface area contributed by atoms with E-state index in [1.807, 2.05) is 0 Å².